The molecule has 17 heavy (non-hydrogen) atoms. The number of anilines is 1. The summed E-state index contributed by atoms with van der Waals surface area (Å²) < 4.78 is 43.0. The predicted molar refractivity (Wildman–Crippen MR) is 64.1 cm³/mol. The SMILES string of the molecule is CCOCCNc1cc(Br)cc(C(F)(F)F)c1. The number of alkyl halides is 3. The molecule has 0 aliphatic carbocycles. The van der Waals surface area contributed by atoms with Gasteiger partial charge in [0.2, 0.25) is 0 Å². The molecule has 2 nitrogen and oxygen atoms in total. The molecule has 0 saturated carbocycles. The topological polar surface area (TPSA) is 21.3 Å². The molecule has 0 heterocycles. The van der Waals surface area contributed by atoms with E-state index in [0.29, 0.717) is 29.9 Å². The summed E-state index contributed by atoms with van der Waals surface area (Å²) in [5, 5.41) is 2.88. The van der Waals surface area contributed by atoms with Gasteiger partial charge in [-0.1, -0.05) is 15.9 Å². The van der Waals surface area contributed by atoms with Crippen molar-refractivity contribution >= 4 is 21.6 Å². The van der Waals surface area contributed by atoms with Crippen molar-refractivity contribution in [2.24, 2.45) is 0 Å². The van der Waals surface area contributed by atoms with Crippen LogP contribution in [0.1, 0.15) is 12.5 Å². The van der Waals surface area contributed by atoms with E-state index in [2.05, 4.69) is 21.2 Å². The summed E-state index contributed by atoms with van der Waals surface area (Å²) >= 11 is 3.06. The number of hydrogen-bond donors (Lipinski definition) is 1. The second-order valence-electron chi connectivity index (χ2n) is 3.35. The minimum atomic E-state index is -4.33. The molecule has 0 atom stereocenters. The Labute approximate surface area is 106 Å². The highest BCUT2D eigenvalue weighted by Gasteiger charge is 2.31. The van der Waals surface area contributed by atoms with Gasteiger partial charge in [-0.2, -0.15) is 13.2 Å². The standard InChI is InChI=1S/C11H13BrF3NO/c1-2-17-4-3-16-10-6-8(11(13,14)15)5-9(12)7-10/h5-7,16H,2-4H2,1H3. The van der Waals surface area contributed by atoms with Crippen molar-refractivity contribution in [2.75, 3.05) is 25.1 Å². The number of rotatable bonds is 5. The molecule has 0 unspecified atom stereocenters. The molecule has 1 rings (SSSR count). The molecule has 0 spiro atoms. The molecular formula is C11H13BrF3NO. The van der Waals surface area contributed by atoms with Crippen LogP contribution in [-0.2, 0) is 10.9 Å². The van der Waals surface area contributed by atoms with Gasteiger partial charge in [-0.15, -0.1) is 0 Å². The Morgan fingerprint density at radius 2 is 2.00 bits per heavy atom. The summed E-state index contributed by atoms with van der Waals surface area (Å²) in [5.41, 5.74) is -0.253. The minimum absolute atomic E-state index is 0.395. The first kappa shape index (κ1) is 14.3. The van der Waals surface area contributed by atoms with E-state index in [9.17, 15) is 13.2 Å². The Bertz CT molecular complexity index is 368. The molecule has 0 fully saturated rings. The molecule has 0 radical (unpaired) electrons. The monoisotopic (exact) mass is 311 g/mol. The summed E-state index contributed by atoms with van der Waals surface area (Å²) in [6.45, 7) is 3.39. The summed E-state index contributed by atoms with van der Waals surface area (Å²) in [5.74, 6) is 0. The second kappa shape index (κ2) is 6.26. The number of nitrogens with one attached hydrogen (secondary N) is 1. The van der Waals surface area contributed by atoms with Gasteiger partial charge >= 0.3 is 6.18 Å². The van der Waals surface area contributed by atoms with Gasteiger partial charge in [0.05, 0.1) is 12.2 Å². The van der Waals surface area contributed by atoms with Gasteiger partial charge in [0, 0.05) is 23.3 Å². The van der Waals surface area contributed by atoms with Crippen LogP contribution in [-0.4, -0.2) is 19.8 Å². The zero-order chi connectivity index (χ0) is 12.9. The van der Waals surface area contributed by atoms with Gasteiger partial charge in [-0.25, -0.2) is 0 Å². The van der Waals surface area contributed by atoms with Crippen molar-refractivity contribution < 1.29 is 17.9 Å². The second-order valence-corrected chi connectivity index (χ2v) is 4.27. The number of ether oxygens (including phenoxy) is 1. The van der Waals surface area contributed by atoms with E-state index in [0.717, 1.165) is 12.1 Å². The molecule has 1 aromatic carbocycles. The number of halogens is 4. The van der Waals surface area contributed by atoms with Crippen LogP contribution in [0.15, 0.2) is 22.7 Å². The Morgan fingerprint density at radius 1 is 1.29 bits per heavy atom. The van der Waals surface area contributed by atoms with Crippen LogP contribution in [0.3, 0.4) is 0 Å². The molecular weight excluding hydrogens is 299 g/mol. The largest absolute Gasteiger partial charge is 0.416 e. The van der Waals surface area contributed by atoms with E-state index < -0.39 is 11.7 Å². The fraction of sp³-hybridized carbons (Fsp3) is 0.455. The molecule has 1 aromatic rings. The fourth-order valence-corrected chi connectivity index (χ4v) is 1.76. The third kappa shape index (κ3) is 4.95. The minimum Gasteiger partial charge on any atom is -0.383 e. The molecule has 0 saturated heterocycles. The quantitative estimate of drug-likeness (QED) is 0.832. The van der Waals surface area contributed by atoms with E-state index in [1.807, 2.05) is 6.92 Å². The van der Waals surface area contributed by atoms with E-state index in [4.69, 9.17) is 4.74 Å². The van der Waals surface area contributed by atoms with Gasteiger partial charge in [-0.3, -0.25) is 0 Å². The highest BCUT2D eigenvalue weighted by atomic mass is 79.9. The maximum Gasteiger partial charge on any atom is 0.416 e. The first-order valence-electron chi connectivity index (χ1n) is 5.13. The Hall–Kier alpha value is -0.750. The Kier molecular flexibility index (Phi) is 5.27. The Balaban J connectivity index is 2.69. The van der Waals surface area contributed by atoms with Crippen molar-refractivity contribution in [1.82, 2.24) is 0 Å². The molecule has 0 aliphatic rings. The van der Waals surface area contributed by atoms with Crippen LogP contribution in [0.2, 0.25) is 0 Å². The summed E-state index contributed by atoms with van der Waals surface area (Å²) in [6, 6.07) is 3.73. The van der Waals surface area contributed by atoms with Crippen molar-refractivity contribution in [3.63, 3.8) is 0 Å². The molecule has 96 valence electrons. The summed E-state index contributed by atoms with van der Waals surface area (Å²) in [6.07, 6.45) is -4.33. The maximum atomic E-state index is 12.5. The van der Waals surface area contributed by atoms with Crippen LogP contribution in [0.25, 0.3) is 0 Å². The van der Waals surface area contributed by atoms with Crippen molar-refractivity contribution in [1.29, 1.82) is 0 Å². The van der Waals surface area contributed by atoms with Gasteiger partial charge in [-0.05, 0) is 25.1 Å². The highest BCUT2D eigenvalue weighted by Crippen LogP contribution is 2.33. The van der Waals surface area contributed by atoms with Crippen LogP contribution < -0.4 is 5.32 Å². The lowest BCUT2D eigenvalue weighted by molar-refractivity contribution is -0.137. The first-order chi connectivity index (χ1) is 7.93. The fourth-order valence-electron chi connectivity index (χ4n) is 1.27. The maximum absolute atomic E-state index is 12.5. The van der Waals surface area contributed by atoms with E-state index in [-0.39, 0.29) is 0 Å². The third-order valence-corrected chi connectivity index (χ3v) is 2.46. The molecule has 0 aromatic heterocycles. The van der Waals surface area contributed by atoms with Crippen LogP contribution in [0.5, 0.6) is 0 Å². The highest BCUT2D eigenvalue weighted by molar-refractivity contribution is 9.10. The van der Waals surface area contributed by atoms with Crippen LogP contribution >= 0.6 is 15.9 Å². The number of hydrogen-bond acceptors (Lipinski definition) is 2. The number of benzene rings is 1. The smallest absolute Gasteiger partial charge is 0.383 e. The van der Waals surface area contributed by atoms with Gasteiger partial charge in [0.25, 0.3) is 0 Å². The van der Waals surface area contributed by atoms with Crippen molar-refractivity contribution in [3.8, 4) is 0 Å². The van der Waals surface area contributed by atoms with Crippen LogP contribution in [0, 0.1) is 0 Å². The Morgan fingerprint density at radius 3 is 2.59 bits per heavy atom. The lowest BCUT2D eigenvalue weighted by Crippen LogP contribution is -2.11. The predicted octanol–water partition coefficient (Wildman–Crippen LogP) is 3.92. The first-order valence-corrected chi connectivity index (χ1v) is 5.92. The van der Waals surface area contributed by atoms with E-state index in [1.165, 1.54) is 0 Å². The zero-order valence-corrected chi connectivity index (χ0v) is 10.9. The average Bonchev–Trinajstić information content (AvgIpc) is 2.22. The van der Waals surface area contributed by atoms with E-state index in [1.54, 1.807) is 6.07 Å². The molecule has 0 aliphatic heterocycles. The van der Waals surface area contributed by atoms with Gasteiger partial charge < -0.3 is 10.1 Å². The third-order valence-electron chi connectivity index (χ3n) is 2.00. The lowest BCUT2D eigenvalue weighted by atomic mass is 10.2. The van der Waals surface area contributed by atoms with Crippen molar-refractivity contribution in [3.05, 3.63) is 28.2 Å². The molecule has 0 bridgehead atoms. The van der Waals surface area contributed by atoms with E-state index >= 15 is 0 Å². The average molecular weight is 312 g/mol. The molecule has 0 amide bonds. The van der Waals surface area contributed by atoms with Crippen LogP contribution in [0.4, 0.5) is 18.9 Å². The van der Waals surface area contributed by atoms with Gasteiger partial charge in [0.15, 0.2) is 0 Å². The van der Waals surface area contributed by atoms with Gasteiger partial charge in [0.1, 0.15) is 0 Å². The lowest BCUT2D eigenvalue weighted by Gasteiger charge is -2.11. The molecule has 1 N–H and O–H groups in total. The molecule has 6 heteroatoms. The summed E-state index contributed by atoms with van der Waals surface area (Å²) in [4.78, 5) is 0. The van der Waals surface area contributed by atoms with Crippen molar-refractivity contribution in [2.45, 2.75) is 13.1 Å². The normalized spacial score (nSPS) is 11.6. The summed E-state index contributed by atoms with van der Waals surface area (Å²) in [7, 11) is 0. The zero-order valence-electron chi connectivity index (χ0n) is 9.27.